The average molecular weight is 456 g/mol. The Morgan fingerprint density at radius 1 is 0.969 bits per heavy atom. The number of sulfonamides is 1. The molecule has 0 saturated carbocycles. The molecule has 0 unspecified atom stereocenters. The second-order valence-electron chi connectivity index (χ2n) is 7.44. The van der Waals surface area contributed by atoms with Gasteiger partial charge in [0.2, 0.25) is 10.0 Å². The molecular formula is C23H25N3O5S. The maximum Gasteiger partial charge on any atom is 0.338 e. The summed E-state index contributed by atoms with van der Waals surface area (Å²) in [5, 5.41) is 2.54. The van der Waals surface area contributed by atoms with Gasteiger partial charge in [0.1, 0.15) is 0 Å². The van der Waals surface area contributed by atoms with Gasteiger partial charge in [0.15, 0.2) is 6.61 Å². The average Bonchev–Trinajstić information content (AvgIpc) is 3.10. The Morgan fingerprint density at radius 2 is 1.59 bits per heavy atom. The summed E-state index contributed by atoms with van der Waals surface area (Å²) in [6, 6.07) is 16.8. The van der Waals surface area contributed by atoms with Crippen LogP contribution in [-0.4, -0.2) is 49.9 Å². The van der Waals surface area contributed by atoms with Crippen LogP contribution in [-0.2, 0) is 19.6 Å². The fraction of sp³-hybridized carbons (Fsp3) is 0.217. The number of nitrogens with zero attached hydrogens (tertiary/aromatic N) is 2. The first-order valence-corrected chi connectivity index (χ1v) is 11.3. The summed E-state index contributed by atoms with van der Waals surface area (Å²) >= 11 is 0. The summed E-state index contributed by atoms with van der Waals surface area (Å²) in [6.07, 6.45) is 0. The zero-order valence-electron chi connectivity index (χ0n) is 18.3. The zero-order valence-corrected chi connectivity index (χ0v) is 19.1. The van der Waals surface area contributed by atoms with E-state index in [9.17, 15) is 18.0 Å². The van der Waals surface area contributed by atoms with Gasteiger partial charge in [-0.3, -0.25) is 4.79 Å². The fourth-order valence-electron chi connectivity index (χ4n) is 3.18. The van der Waals surface area contributed by atoms with E-state index < -0.39 is 28.5 Å². The van der Waals surface area contributed by atoms with Crippen molar-refractivity contribution in [3.8, 4) is 5.69 Å². The van der Waals surface area contributed by atoms with E-state index in [1.54, 1.807) is 18.2 Å². The molecule has 32 heavy (non-hydrogen) atoms. The minimum Gasteiger partial charge on any atom is -0.452 e. The van der Waals surface area contributed by atoms with Crippen LogP contribution in [0.2, 0.25) is 0 Å². The number of nitrogens with one attached hydrogen (secondary N) is 1. The molecule has 1 heterocycles. The maximum absolute atomic E-state index is 12.3. The molecule has 1 amide bonds. The molecule has 168 valence electrons. The van der Waals surface area contributed by atoms with E-state index in [2.05, 4.69) is 9.88 Å². The second kappa shape index (κ2) is 9.37. The predicted octanol–water partition coefficient (Wildman–Crippen LogP) is 3.14. The topological polar surface area (TPSA) is 97.7 Å². The van der Waals surface area contributed by atoms with E-state index in [-0.39, 0.29) is 10.6 Å². The number of hydrogen-bond acceptors (Lipinski definition) is 5. The number of aromatic nitrogens is 1. The number of hydrogen-bond donors (Lipinski definition) is 1. The monoisotopic (exact) mass is 455 g/mol. The Bertz CT molecular complexity index is 1230. The Balaban J connectivity index is 1.60. The molecule has 9 heteroatoms. The van der Waals surface area contributed by atoms with E-state index in [1.165, 1.54) is 32.3 Å². The molecule has 0 aliphatic carbocycles. The van der Waals surface area contributed by atoms with Crippen LogP contribution in [0.3, 0.4) is 0 Å². The lowest BCUT2D eigenvalue weighted by atomic mass is 10.2. The number of carbonyl (C=O) groups is 2. The Kier molecular flexibility index (Phi) is 6.81. The number of anilines is 1. The first kappa shape index (κ1) is 23.2. The molecule has 0 radical (unpaired) electrons. The standard InChI is InChI=1S/C23H25N3O5S/c1-16-8-9-17(2)26(16)20-12-10-18(11-13-20)23(28)31-15-22(27)24-19-6-5-7-21(14-19)32(29,30)25(3)4/h5-14H,15H2,1-4H3,(H,24,27). The molecule has 0 atom stereocenters. The van der Waals surface area contributed by atoms with E-state index in [0.29, 0.717) is 5.56 Å². The Morgan fingerprint density at radius 3 is 2.19 bits per heavy atom. The number of benzene rings is 2. The van der Waals surface area contributed by atoms with E-state index in [1.807, 2.05) is 38.1 Å². The van der Waals surface area contributed by atoms with Gasteiger partial charge in [-0.05, 0) is 68.4 Å². The lowest BCUT2D eigenvalue weighted by Gasteiger charge is -2.13. The minimum absolute atomic E-state index is 0.0468. The molecule has 0 fully saturated rings. The van der Waals surface area contributed by atoms with Gasteiger partial charge in [-0.2, -0.15) is 0 Å². The molecule has 1 aromatic heterocycles. The van der Waals surface area contributed by atoms with E-state index in [4.69, 9.17) is 4.74 Å². The lowest BCUT2D eigenvalue weighted by molar-refractivity contribution is -0.119. The number of rotatable bonds is 7. The molecule has 0 spiro atoms. The summed E-state index contributed by atoms with van der Waals surface area (Å²) < 4.78 is 32.7. The Labute approximate surface area is 187 Å². The van der Waals surface area contributed by atoms with Crippen molar-refractivity contribution in [2.24, 2.45) is 0 Å². The molecule has 0 bridgehead atoms. The van der Waals surface area contributed by atoms with Crippen molar-refractivity contribution < 1.29 is 22.7 Å². The van der Waals surface area contributed by atoms with Crippen LogP contribution in [0.4, 0.5) is 5.69 Å². The Hall–Kier alpha value is -3.43. The molecule has 2 aromatic carbocycles. The highest BCUT2D eigenvalue weighted by atomic mass is 32.2. The van der Waals surface area contributed by atoms with Crippen LogP contribution in [0.1, 0.15) is 21.7 Å². The van der Waals surface area contributed by atoms with Crippen LogP contribution >= 0.6 is 0 Å². The molecular weight excluding hydrogens is 430 g/mol. The maximum atomic E-state index is 12.3. The fourth-order valence-corrected chi connectivity index (χ4v) is 4.13. The van der Waals surface area contributed by atoms with Gasteiger partial charge < -0.3 is 14.6 Å². The molecule has 0 saturated heterocycles. The number of esters is 1. The van der Waals surface area contributed by atoms with Gasteiger partial charge >= 0.3 is 5.97 Å². The van der Waals surface area contributed by atoms with Crippen molar-refractivity contribution in [3.05, 3.63) is 77.6 Å². The summed E-state index contributed by atoms with van der Waals surface area (Å²) in [5.74, 6) is -1.20. The summed E-state index contributed by atoms with van der Waals surface area (Å²) in [7, 11) is -0.779. The van der Waals surface area contributed by atoms with Crippen LogP contribution < -0.4 is 5.32 Å². The van der Waals surface area contributed by atoms with Gasteiger partial charge in [-0.25, -0.2) is 17.5 Å². The van der Waals surface area contributed by atoms with Crippen LogP contribution in [0.15, 0.2) is 65.6 Å². The van der Waals surface area contributed by atoms with Gasteiger partial charge in [0.25, 0.3) is 5.91 Å². The number of aryl methyl sites for hydroxylation is 2. The molecule has 0 aliphatic rings. The molecule has 3 rings (SSSR count). The van der Waals surface area contributed by atoms with Crippen molar-refractivity contribution >= 4 is 27.6 Å². The summed E-state index contributed by atoms with van der Waals surface area (Å²) in [4.78, 5) is 24.5. The highest BCUT2D eigenvalue weighted by molar-refractivity contribution is 7.89. The number of amides is 1. The second-order valence-corrected chi connectivity index (χ2v) is 9.59. The van der Waals surface area contributed by atoms with Gasteiger partial charge in [0, 0.05) is 36.9 Å². The van der Waals surface area contributed by atoms with Crippen molar-refractivity contribution in [2.75, 3.05) is 26.0 Å². The van der Waals surface area contributed by atoms with Crippen LogP contribution in [0, 0.1) is 13.8 Å². The summed E-state index contributed by atoms with van der Waals surface area (Å²) in [6.45, 7) is 3.50. The third-order valence-electron chi connectivity index (χ3n) is 4.86. The highest BCUT2D eigenvalue weighted by Gasteiger charge is 2.18. The highest BCUT2D eigenvalue weighted by Crippen LogP contribution is 2.19. The normalized spacial score (nSPS) is 11.4. The number of ether oxygens (including phenoxy) is 1. The predicted molar refractivity (Wildman–Crippen MR) is 121 cm³/mol. The van der Waals surface area contributed by atoms with Crippen molar-refractivity contribution in [1.82, 2.24) is 8.87 Å². The number of carbonyl (C=O) groups excluding carboxylic acids is 2. The molecule has 3 aromatic rings. The van der Waals surface area contributed by atoms with Crippen molar-refractivity contribution in [2.45, 2.75) is 18.7 Å². The third kappa shape index (κ3) is 5.06. The molecule has 1 N–H and O–H groups in total. The van der Waals surface area contributed by atoms with Crippen molar-refractivity contribution in [1.29, 1.82) is 0 Å². The quantitative estimate of drug-likeness (QED) is 0.552. The van der Waals surface area contributed by atoms with Gasteiger partial charge in [-0.15, -0.1) is 0 Å². The first-order valence-electron chi connectivity index (χ1n) is 9.84. The third-order valence-corrected chi connectivity index (χ3v) is 6.67. The zero-order chi connectivity index (χ0) is 23.5. The van der Waals surface area contributed by atoms with E-state index >= 15 is 0 Å². The SMILES string of the molecule is Cc1ccc(C)n1-c1ccc(C(=O)OCC(=O)Nc2cccc(S(=O)(=O)N(C)C)c2)cc1. The largest absolute Gasteiger partial charge is 0.452 e. The van der Waals surface area contributed by atoms with Crippen molar-refractivity contribution in [3.63, 3.8) is 0 Å². The molecule has 0 aliphatic heterocycles. The smallest absolute Gasteiger partial charge is 0.338 e. The lowest BCUT2D eigenvalue weighted by Crippen LogP contribution is -2.23. The van der Waals surface area contributed by atoms with Gasteiger partial charge in [-0.1, -0.05) is 6.07 Å². The van der Waals surface area contributed by atoms with Crippen LogP contribution in [0.5, 0.6) is 0 Å². The van der Waals surface area contributed by atoms with Crippen LogP contribution in [0.25, 0.3) is 5.69 Å². The van der Waals surface area contributed by atoms with Gasteiger partial charge in [0.05, 0.1) is 10.5 Å². The minimum atomic E-state index is -3.63. The first-order chi connectivity index (χ1) is 15.1. The molecule has 8 nitrogen and oxygen atoms in total. The van der Waals surface area contributed by atoms with E-state index in [0.717, 1.165) is 21.4 Å². The summed E-state index contributed by atoms with van der Waals surface area (Å²) in [5.41, 5.74) is 3.69.